The van der Waals surface area contributed by atoms with Gasteiger partial charge in [-0.25, -0.2) is 0 Å². The molecule has 0 saturated carbocycles. The molecule has 0 saturated heterocycles. The summed E-state index contributed by atoms with van der Waals surface area (Å²) in [5.74, 6) is 0.709. The van der Waals surface area contributed by atoms with Crippen LogP contribution in [-0.4, -0.2) is 6.54 Å². The molecule has 0 aliphatic heterocycles. The molecule has 0 aliphatic carbocycles. The van der Waals surface area contributed by atoms with Crippen molar-refractivity contribution in [1.29, 1.82) is 0 Å². The molecule has 1 heterocycles. The molecule has 1 rings (SSSR count). The van der Waals surface area contributed by atoms with Gasteiger partial charge >= 0.3 is 0 Å². The molecule has 0 radical (unpaired) electrons. The van der Waals surface area contributed by atoms with Crippen molar-refractivity contribution >= 4 is 22.9 Å². The van der Waals surface area contributed by atoms with Crippen molar-refractivity contribution < 1.29 is 0 Å². The first-order valence-electron chi connectivity index (χ1n) is 6.70. The van der Waals surface area contributed by atoms with Crippen LogP contribution >= 0.6 is 22.9 Å². The highest BCUT2D eigenvalue weighted by molar-refractivity contribution is 7.10. The number of halogens is 1. The van der Waals surface area contributed by atoms with Crippen LogP contribution < -0.4 is 5.32 Å². The van der Waals surface area contributed by atoms with Crippen molar-refractivity contribution in [2.75, 3.05) is 6.54 Å². The van der Waals surface area contributed by atoms with Gasteiger partial charge in [0.1, 0.15) is 0 Å². The highest BCUT2D eigenvalue weighted by Crippen LogP contribution is 2.36. The Morgan fingerprint density at radius 1 is 1.24 bits per heavy atom. The van der Waals surface area contributed by atoms with E-state index >= 15 is 0 Å². The van der Waals surface area contributed by atoms with Crippen LogP contribution in [0.5, 0.6) is 0 Å². The second kappa shape index (κ2) is 8.12. The Bertz CT molecular complexity index is 305. The van der Waals surface area contributed by atoms with Crippen LogP contribution in [-0.2, 0) is 0 Å². The average Bonchev–Trinajstić information content (AvgIpc) is 2.72. The predicted molar refractivity (Wildman–Crippen MR) is 79.1 cm³/mol. The molecule has 3 heteroatoms. The smallest absolute Gasteiger partial charge is 0.0561 e. The van der Waals surface area contributed by atoms with Gasteiger partial charge in [0.15, 0.2) is 0 Å². The second-order valence-electron chi connectivity index (χ2n) is 4.51. The molecule has 17 heavy (non-hydrogen) atoms. The molecule has 1 unspecified atom stereocenters. The molecule has 0 aromatic carbocycles. The Hall–Kier alpha value is -0.0500. The van der Waals surface area contributed by atoms with Gasteiger partial charge in [0.2, 0.25) is 0 Å². The van der Waals surface area contributed by atoms with Crippen molar-refractivity contribution in [1.82, 2.24) is 5.32 Å². The van der Waals surface area contributed by atoms with E-state index in [1.54, 1.807) is 11.3 Å². The minimum Gasteiger partial charge on any atom is -0.309 e. The normalized spacial score (nSPS) is 13.2. The van der Waals surface area contributed by atoms with Crippen LogP contribution in [0, 0.1) is 5.92 Å². The SMILES string of the molecule is CCCC(CCC)C(NCC)c1sccc1Cl. The third kappa shape index (κ3) is 4.27. The number of hydrogen-bond donors (Lipinski definition) is 1. The van der Waals surface area contributed by atoms with Crippen molar-refractivity contribution in [3.8, 4) is 0 Å². The summed E-state index contributed by atoms with van der Waals surface area (Å²) in [4.78, 5) is 1.32. The van der Waals surface area contributed by atoms with Gasteiger partial charge in [-0.2, -0.15) is 0 Å². The maximum atomic E-state index is 6.29. The van der Waals surface area contributed by atoms with E-state index in [0.717, 1.165) is 11.6 Å². The van der Waals surface area contributed by atoms with Crippen molar-refractivity contribution in [2.45, 2.75) is 52.5 Å². The lowest BCUT2D eigenvalue weighted by molar-refractivity contribution is 0.324. The fraction of sp³-hybridized carbons (Fsp3) is 0.714. The number of thiophene rings is 1. The largest absolute Gasteiger partial charge is 0.309 e. The molecule has 0 amide bonds. The Kier molecular flexibility index (Phi) is 7.17. The summed E-state index contributed by atoms with van der Waals surface area (Å²) in [5.41, 5.74) is 0. The molecule has 0 fully saturated rings. The van der Waals surface area contributed by atoms with E-state index in [2.05, 4.69) is 31.5 Å². The van der Waals surface area contributed by atoms with Crippen LogP contribution in [0.25, 0.3) is 0 Å². The van der Waals surface area contributed by atoms with E-state index in [0.29, 0.717) is 12.0 Å². The summed E-state index contributed by atoms with van der Waals surface area (Å²) in [6.45, 7) is 7.70. The van der Waals surface area contributed by atoms with E-state index in [1.165, 1.54) is 30.6 Å². The van der Waals surface area contributed by atoms with Crippen LogP contribution in [0.15, 0.2) is 11.4 Å². The Balaban J connectivity index is 2.85. The lowest BCUT2D eigenvalue weighted by atomic mass is 9.89. The van der Waals surface area contributed by atoms with E-state index < -0.39 is 0 Å². The van der Waals surface area contributed by atoms with E-state index in [9.17, 15) is 0 Å². The van der Waals surface area contributed by atoms with E-state index in [4.69, 9.17) is 11.6 Å². The molecule has 0 aliphatic rings. The highest BCUT2D eigenvalue weighted by atomic mass is 35.5. The van der Waals surface area contributed by atoms with E-state index in [-0.39, 0.29) is 0 Å². The summed E-state index contributed by atoms with van der Waals surface area (Å²) >= 11 is 8.07. The monoisotopic (exact) mass is 273 g/mol. The molecule has 98 valence electrons. The first kappa shape index (κ1) is 15.0. The molecule has 1 N–H and O–H groups in total. The second-order valence-corrected chi connectivity index (χ2v) is 5.86. The summed E-state index contributed by atoms with van der Waals surface area (Å²) < 4.78 is 0. The summed E-state index contributed by atoms with van der Waals surface area (Å²) in [6.07, 6.45) is 5.05. The highest BCUT2D eigenvalue weighted by Gasteiger charge is 2.23. The van der Waals surface area contributed by atoms with Gasteiger partial charge in [0, 0.05) is 10.9 Å². The van der Waals surface area contributed by atoms with Gasteiger partial charge in [-0.05, 0) is 36.8 Å². The van der Waals surface area contributed by atoms with Crippen molar-refractivity contribution in [3.05, 3.63) is 21.3 Å². The molecule has 1 nitrogen and oxygen atoms in total. The van der Waals surface area contributed by atoms with E-state index in [1.807, 2.05) is 6.07 Å². The summed E-state index contributed by atoms with van der Waals surface area (Å²) in [5, 5.41) is 6.64. The third-order valence-electron chi connectivity index (χ3n) is 3.14. The van der Waals surface area contributed by atoms with Gasteiger partial charge in [-0.15, -0.1) is 11.3 Å². The first-order chi connectivity index (χ1) is 8.24. The fourth-order valence-corrected chi connectivity index (χ4v) is 3.78. The molecular formula is C14H24ClNS. The Morgan fingerprint density at radius 2 is 1.88 bits per heavy atom. The van der Waals surface area contributed by atoms with Crippen LogP contribution in [0.1, 0.15) is 57.4 Å². The van der Waals surface area contributed by atoms with Crippen molar-refractivity contribution in [3.63, 3.8) is 0 Å². The van der Waals surface area contributed by atoms with Gasteiger partial charge in [0.05, 0.1) is 5.02 Å². The molecule has 1 aromatic rings. The minimum atomic E-state index is 0.437. The standard InChI is InChI=1S/C14H24ClNS/c1-4-7-11(8-5-2)13(16-6-3)14-12(15)9-10-17-14/h9-11,13,16H,4-8H2,1-3H3. The van der Waals surface area contributed by atoms with Gasteiger partial charge < -0.3 is 5.32 Å². The van der Waals surface area contributed by atoms with Crippen LogP contribution in [0.3, 0.4) is 0 Å². The summed E-state index contributed by atoms with van der Waals surface area (Å²) in [7, 11) is 0. The van der Waals surface area contributed by atoms with Crippen LogP contribution in [0.4, 0.5) is 0 Å². The number of hydrogen-bond acceptors (Lipinski definition) is 2. The molecule has 1 aromatic heterocycles. The number of nitrogens with one attached hydrogen (secondary N) is 1. The van der Waals surface area contributed by atoms with Gasteiger partial charge in [0.25, 0.3) is 0 Å². The zero-order valence-electron chi connectivity index (χ0n) is 11.1. The van der Waals surface area contributed by atoms with Gasteiger partial charge in [-0.1, -0.05) is 45.2 Å². The summed E-state index contributed by atoms with van der Waals surface area (Å²) in [6, 6.07) is 2.45. The third-order valence-corrected chi connectivity index (χ3v) is 4.58. The minimum absolute atomic E-state index is 0.437. The first-order valence-corrected chi connectivity index (χ1v) is 7.96. The quantitative estimate of drug-likeness (QED) is 0.680. The van der Waals surface area contributed by atoms with Gasteiger partial charge in [-0.3, -0.25) is 0 Å². The topological polar surface area (TPSA) is 12.0 Å². The zero-order chi connectivity index (χ0) is 12.7. The fourth-order valence-electron chi connectivity index (χ4n) is 2.44. The lowest BCUT2D eigenvalue weighted by Crippen LogP contribution is -2.27. The molecule has 1 atom stereocenters. The Morgan fingerprint density at radius 3 is 2.29 bits per heavy atom. The molecule has 0 spiro atoms. The average molecular weight is 274 g/mol. The predicted octanol–water partition coefficient (Wildman–Crippen LogP) is 5.27. The Labute approximate surface area is 115 Å². The lowest BCUT2D eigenvalue weighted by Gasteiger charge is -2.27. The maximum Gasteiger partial charge on any atom is 0.0561 e. The zero-order valence-corrected chi connectivity index (χ0v) is 12.7. The maximum absolute atomic E-state index is 6.29. The molecular weight excluding hydrogens is 250 g/mol. The van der Waals surface area contributed by atoms with Crippen LogP contribution in [0.2, 0.25) is 5.02 Å². The number of rotatable bonds is 8. The molecule has 0 bridgehead atoms. The van der Waals surface area contributed by atoms with Crippen molar-refractivity contribution in [2.24, 2.45) is 5.92 Å².